The molecule has 2 heterocycles. The molecule has 1 aliphatic heterocycles. The summed E-state index contributed by atoms with van der Waals surface area (Å²) in [5, 5.41) is 0. The first-order valence-corrected chi connectivity index (χ1v) is 11.6. The van der Waals surface area contributed by atoms with Crippen molar-refractivity contribution in [2.45, 2.75) is 65.7 Å². The normalized spacial score (nSPS) is 13.0. The summed E-state index contributed by atoms with van der Waals surface area (Å²) in [6, 6.07) is 19.6. The number of ether oxygens (including phenoxy) is 1. The number of aromatic nitrogens is 2. The van der Waals surface area contributed by atoms with E-state index in [1.54, 1.807) is 0 Å². The second-order valence-corrected chi connectivity index (χ2v) is 10.5. The molecule has 0 fully saturated rings. The number of rotatable bonds is 3. The van der Waals surface area contributed by atoms with Gasteiger partial charge in [-0.05, 0) is 52.1 Å². The summed E-state index contributed by atoms with van der Waals surface area (Å²) in [6.07, 6.45) is 3.71. The van der Waals surface area contributed by atoms with E-state index in [1.165, 1.54) is 22.4 Å². The summed E-state index contributed by atoms with van der Waals surface area (Å²) in [7, 11) is 0. The summed E-state index contributed by atoms with van der Waals surface area (Å²) in [6.45, 7) is 15.7. The van der Waals surface area contributed by atoms with Crippen molar-refractivity contribution in [3.05, 3.63) is 77.6 Å². The number of nitrogens with zero attached hydrogens (tertiary/aromatic N) is 2. The number of hydrogen-bond acceptors (Lipinski definition) is 1. The Hall–Kier alpha value is -3.07. The maximum atomic E-state index is 6.44. The van der Waals surface area contributed by atoms with Crippen molar-refractivity contribution in [1.29, 1.82) is 0 Å². The number of fused-ring (bicyclic) bond motifs is 2. The van der Waals surface area contributed by atoms with Crippen LogP contribution in [-0.2, 0) is 5.41 Å². The van der Waals surface area contributed by atoms with E-state index in [4.69, 9.17) is 4.74 Å². The number of imidazole rings is 1. The molecule has 0 bridgehead atoms. The fourth-order valence-electron chi connectivity index (χ4n) is 4.68. The maximum absolute atomic E-state index is 6.44. The van der Waals surface area contributed by atoms with Gasteiger partial charge in [-0.1, -0.05) is 84.9 Å². The summed E-state index contributed by atoms with van der Waals surface area (Å²) >= 11 is 0. The molecule has 0 amide bonds. The van der Waals surface area contributed by atoms with Crippen LogP contribution in [0.15, 0.2) is 54.6 Å². The Balaban J connectivity index is 1.82. The third-order valence-corrected chi connectivity index (χ3v) is 6.49. The minimum atomic E-state index is 0.0629. The molecule has 0 atom stereocenters. The molecule has 3 heteroatoms. The molecule has 1 aliphatic rings. The molecule has 0 radical (unpaired) electrons. The van der Waals surface area contributed by atoms with E-state index in [0.29, 0.717) is 11.8 Å². The molecule has 5 rings (SSSR count). The monoisotopic (exact) mass is 424 g/mol. The first kappa shape index (κ1) is 20.8. The largest absolute Gasteiger partial charge is 0.465 e. The van der Waals surface area contributed by atoms with Gasteiger partial charge in [-0.3, -0.25) is 9.13 Å². The Bertz CT molecular complexity index is 1310. The minimum absolute atomic E-state index is 0.0629. The molecule has 0 N–H and O–H groups in total. The van der Waals surface area contributed by atoms with Gasteiger partial charge >= 0.3 is 0 Å². The van der Waals surface area contributed by atoms with E-state index in [0.717, 1.165) is 28.2 Å². The minimum Gasteiger partial charge on any atom is -0.465 e. The van der Waals surface area contributed by atoms with Crippen molar-refractivity contribution >= 4 is 11.0 Å². The second kappa shape index (κ2) is 7.23. The molecule has 0 saturated carbocycles. The summed E-state index contributed by atoms with van der Waals surface area (Å²) < 4.78 is 10.9. The lowest BCUT2D eigenvalue weighted by molar-refractivity contribution is -0.575. The number of para-hydroxylation sites is 2. The van der Waals surface area contributed by atoms with Gasteiger partial charge in [-0.2, -0.15) is 0 Å². The Morgan fingerprint density at radius 1 is 0.844 bits per heavy atom. The van der Waals surface area contributed by atoms with Crippen LogP contribution in [0, 0.1) is 6.33 Å². The van der Waals surface area contributed by atoms with Crippen molar-refractivity contribution in [3.8, 4) is 22.9 Å². The third-order valence-electron chi connectivity index (χ3n) is 6.49. The van der Waals surface area contributed by atoms with Crippen LogP contribution in [0.4, 0.5) is 0 Å². The van der Waals surface area contributed by atoms with Crippen LogP contribution in [0.5, 0.6) is 11.5 Å². The van der Waals surface area contributed by atoms with Crippen LogP contribution in [0.25, 0.3) is 22.4 Å². The molecule has 4 aromatic rings. The number of benzene rings is 3. The zero-order valence-electron chi connectivity index (χ0n) is 20.2. The third kappa shape index (κ3) is 3.14. The van der Waals surface area contributed by atoms with Gasteiger partial charge in [-0.15, -0.1) is 0 Å². The lowest BCUT2D eigenvalue weighted by atomic mass is 9.87. The molecular formula is C29H32N2O. The van der Waals surface area contributed by atoms with Crippen LogP contribution in [0.3, 0.4) is 0 Å². The Kier molecular flexibility index (Phi) is 4.70. The van der Waals surface area contributed by atoms with Gasteiger partial charge in [0.2, 0.25) is 0 Å². The van der Waals surface area contributed by atoms with Gasteiger partial charge in [0.25, 0.3) is 6.33 Å². The fourth-order valence-corrected chi connectivity index (χ4v) is 4.68. The van der Waals surface area contributed by atoms with Gasteiger partial charge in [0, 0.05) is 0 Å². The molecule has 164 valence electrons. The molecule has 1 aromatic heterocycles. The standard InChI is InChI=1S/C29H32N2O/c1-18(2)21-10-8-11-22(19(3)4)27(21)31-17-30-23-15-14-20(29(5,6)7)16-26(23)32-25-13-9-12-24(31)28(25)30/h8-16,18-19H,1-7H3. The van der Waals surface area contributed by atoms with Gasteiger partial charge in [0.15, 0.2) is 0 Å². The Morgan fingerprint density at radius 3 is 2.12 bits per heavy atom. The van der Waals surface area contributed by atoms with Crippen molar-refractivity contribution in [2.24, 2.45) is 0 Å². The lowest BCUT2D eigenvalue weighted by Gasteiger charge is -2.24. The van der Waals surface area contributed by atoms with Crippen molar-refractivity contribution in [2.75, 3.05) is 0 Å². The molecule has 32 heavy (non-hydrogen) atoms. The van der Waals surface area contributed by atoms with E-state index in [2.05, 4.69) is 119 Å². The van der Waals surface area contributed by atoms with E-state index in [1.807, 2.05) is 0 Å². The molecule has 0 saturated heterocycles. The number of hydrogen-bond donors (Lipinski definition) is 0. The zero-order chi connectivity index (χ0) is 22.8. The predicted octanol–water partition coefficient (Wildman–Crippen LogP) is 7.36. The van der Waals surface area contributed by atoms with E-state index in [9.17, 15) is 0 Å². The average molecular weight is 425 g/mol. The predicted molar refractivity (Wildman–Crippen MR) is 131 cm³/mol. The van der Waals surface area contributed by atoms with Crippen molar-refractivity contribution in [3.63, 3.8) is 0 Å². The highest BCUT2D eigenvalue weighted by atomic mass is 16.5. The lowest BCUT2D eigenvalue weighted by Crippen LogP contribution is -2.33. The highest BCUT2D eigenvalue weighted by Crippen LogP contribution is 2.40. The fraction of sp³-hybridized carbons (Fsp3) is 0.345. The van der Waals surface area contributed by atoms with Crippen LogP contribution >= 0.6 is 0 Å². The van der Waals surface area contributed by atoms with Crippen LogP contribution < -0.4 is 9.30 Å². The smallest absolute Gasteiger partial charge is 0.270 e. The summed E-state index contributed by atoms with van der Waals surface area (Å²) in [4.78, 5) is 0. The van der Waals surface area contributed by atoms with Crippen LogP contribution in [-0.4, -0.2) is 4.57 Å². The highest BCUT2D eigenvalue weighted by Gasteiger charge is 2.27. The van der Waals surface area contributed by atoms with Crippen LogP contribution in [0.2, 0.25) is 0 Å². The Labute approximate surface area is 191 Å². The highest BCUT2D eigenvalue weighted by molar-refractivity contribution is 5.83. The first-order chi connectivity index (χ1) is 15.2. The van der Waals surface area contributed by atoms with Gasteiger partial charge in [0.05, 0.1) is 11.2 Å². The van der Waals surface area contributed by atoms with E-state index in [-0.39, 0.29) is 5.41 Å². The van der Waals surface area contributed by atoms with Gasteiger partial charge < -0.3 is 4.74 Å². The van der Waals surface area contributed by atoms with E-state index >= 15 is 0 Å². The van der Waals surface area contributed by atoms with Crippen LogP contribution in [0.1, 0.15) is 77.0 Å². The molecule has 0 aliphatic carbocycles. The molecule has 3 nitrogen and oxygen atoms in total. The molecule has 0 unspecified atom stereocenters. The van der Waals surface area contributed by atoms with E-state index < -0.39 is 0 Å². The summed E-state index contributed by atoms with van der Waals surface area (Å²) in [5.74, 6) is 2.59. The zero-order valence-corrected chi connectivity index (χ0v) is 20.2. The van der Waals surface area contributed by atoms with Gasteiger partial charge in [0.1, 0.15) is 22.7 Å². The van der Waals surface area contributed by atoms with Crippen molar-refractivity contribution in [1.82, 2.24) is 4.57 Å². The van der Waals surface area contributed by atoms with Gasteiger partial charge in [-0.25, -0.2) is 0 Å². The first-order valence-electron chi connectivity index (χ1n) is 11.6. The topological polar surface area (TPSA) is 18.0 Å². The quantitative estimate of drug-likeness (QED) is 0.219. The van der Waals surface area contributed by atoms with Crippen molar-refractivity contribution < 1.29 is 9.30 Å². The maximum Gasteiger partial charge on any atom is 0.270 e. The molecule has 3 aromatic carbocycles. The second-order valence-electron chi connectivity index (χ2n) is 10.5. The SMILES string of the molecule is CC(C)c1cccc(C(C)C)c1-n1[c-][n+]2c3c(cccc31)Oc1cc(C(C)(C)C)ccc1-2. The molecular weight excluding hydrogens is 392 g/mol. The molecule has 0 spiro atoms. The average Bonchev–Trinajstić information content (AvgIpc) is 3.13. The summed E-state index contributed by atoms with van der Waals surface area (Å²) in [5.41, 5.74) is 8.46. The Morgan fingerprint density at radius 2 is 1.50 bits per heavy atom.